The molecule has 0 aliphatic carbocycles. The molecule has 1 aliphatic rings. The molecule has 2 aromatic heterocycles. The molecule has 0 radical (unpaired) electrons. The molecule has 8 heteroatoms. The van der Waals surface area contributed by atoms with E-state index in [1.165, 1.54) is 0 Å². The van der Waals surface area contributed by atoms with Crippen LogP contribution in [-0.4, -0.2) is 43.8 Å². The maximum absolute atomic E-state index is 12.7. The van der Waals surface area contributed by atoms with E-state index >= 15 is 0 Å². The third kappa shape index (κ3) is 3.01. The number of nitrogens with two attached hydrogens (primary N) is 1. The van der Waals surface area contributed by atoms with Gasteiger partial charge in [0.25, 0.3) is 11.5 Å². The Morgan fingerprint density at radius 2 is 1.92 bits per heavy atom. The SMILES string of the molecule is Nc1nccc(C2CCN(C(=O)c3nc4ccccc4c(=O)[nH]3)CC2)n1. The first-order valence-electron chi connectivity index (χ1n) is 8.48. The molecule has 0 atom stereocenters. The summed E-state index contributed by atoms with van der Waals surface area (Å²) in [6.45, 7) is 1.15. The van der Waals surface area contributed by atoms with E-state index in [4.69, 9.17) is 5.73 Å². The number of piperidine rings is 1. The van der Waals surface area contributed by atoms with Gasteiger partial charge in [0.2, 0.25) is 5.95 Å². The average Bonchev–Trinajstić information content (AvgIpc) is 2.67. The number of rotatable bonds is 2. The maximum Gasteiger partial charge on any atom is 0.289 e. The number of nitrogens with zero attached hydrogens (tertiary/aromatic N) is 4. The number of fused-ring (bicyclic) bond motifs is 1. The Labute approximate surface area is 149 Å². The van der Waals surface area contributed by atoms with Crippen molar-refractivity contribution in [2.45, 2.75) is 18.8 Å². The Balaban J connectivity index is 1.51. The summed E-state index contributed by atoms with van der Waals surface area (Å²) in [6, 6.07) is 8.84. The number of carbonyl (C=O) groups excluding carboxylic acids is 1. The summed E-state index contributed by atoms with van der Waals surface area (Å²) in [6.07, 6.45) is 3.21. The fourth-order valence-corrected chi connectivity index (χ4v) is 3.33. The smallest absolute Gasteiger partial charge is 0.289 e. The van der Waals surface area contributed by atoms with Crippen LogP contribution in [0.3, 0.4) is 0 Å². The van der Waals surface area contributed by atoms with Crippen molar-refractivity contribution in [2.75, 3.05) is 18.8 Å². The minimum atomic E-state index is -0.301. The van der Waals surface area contributed by atoms with E-state index in [-0.39, 0.29) is 29.2 Å². The summed E-state index contributed by atoms with van der Waals surface area (Å²) < 4.78 is 0. The highest BCUT2D eigenvalue weighted by Gasteiger charge is 2.26. The van der Waals surface area contributed by atoms with E-state index in [0.29, 0.717) is 24.0 Å². The van der Waals surface area contributed by atoms with Crippen molar-refractivity contribution in [1.82, 2.24) is 24.8 Å². The number of anilines is 1. The van der Waals surface area contributed by atoms with Crippen molar-refractivity contribution in [3.05, 3.63) is 58.4 Å². The molecule has 0 bridgehead atoms. The van der Waals surface area contributed by atoms with Crippen LogP contribution in [0.2, 0.25) is 0 Å². The van der Waals surface area contributed by atoms with Crippen LogP contribution in [-0.2, 0) is 0 Å². The van der Waals surface area contributed by atoms with E-state index in [2.05, 4.69) is 19.9 Å². The minimum absolute atomic E-state index is 0.0819. The highest BCUT2D eigenvalue weighted by atomic mass is 16.2. The summed E-state index contributed by atoms with van der Waals surface area (Å²) in [7, 11) is 0. The molecular weight excluding hydrogens is 332 g/mol. The molecule has 3 N–H and O–H groups in total. The quantitative estimate of drug-likeness (QED) is 0.719. The van der Waals surface area contributed by atoms with E-state index in [0.717, 1.165) is 18.5 Å². The summed E-state index contributed by atoms with van der Waals surface area (Å²) in [5.74, 6) is 0.332. The van der Waals surface area contributed by atoms with Crippen molar-refractivity contribution in [1.29, 1.82) is 0 Å². The molecule has 4 rings (SSSR count). The number of nitrogens with one attached hydrogen (secondary N) is 1. The lowest BCUT2D eigenvalue weighted by Crippen LogP contribution is -2.39. The van der Waals surface area contributed by atoms with Gasteiger partial charge in [-0.15, -0.1) is 0 Å². The van der Waals surface area contributed by atoms with E-state index in [1.807, 2.05) is 6.07 Å². The van der Waals surface area contributed by atoms with Crippen LogP contribution in [0, 0.1) is 0 Å². The normalized spacial score (nSPS) is 15.3. The number of hydrogen-bond acceptors (Lipinski definition) is 6. The second-order valence-electron chi connectivity index (χ2n) is 6.34. The monoisotopic (exact) mass is 350 g/mol. The average molecular weight is 350 g/mol. The molecule has 132 valence electrons. The maximum atomic E-state index is 12.7. The molecule has 0 spiro atoms. The van der Waals surface area contributed by atoms with E-state index in [1.54, 1.807) is 35.4 Å². The van der Waals surface area contributed by atoms with Gasteiger partial charge in [0.1, 0.15) is 0 Å². The Hall–Kier alpha value is -3.29. The van der Waals surface area contributed by atoms with Gasteiger partial charge in [-0.05, 0) is 31.0 Å². The molecule has 1 aromatic carbocycles. The second-order valence-corrected chi connectivity index (χ2v) is 6.34. The van der Waals surface area contributed by atoms with Gasteiger partial charge in [0.05, 0.1) is 10.9 Å². The molecule has 8 nitrogen and oxygen atoms in total. The van der Waals surface area contributed by atoms with Crippen molar-refractivity contribution < 1.29 is 4.79 Å². The standard InChI is InChI=1S/C18H18N6O2/c19-18-20-8-5-13(22-18)11-6-9-24(10-7-11)17(26)15-21-14-4-2-1-3-12(14)16(25)23-15/h1-5,8,11H,6-7,9-10H2,(H2,19,20,22)(H,21,23,25). The zero-order valence-corrected chi connectivity index (χ0v) is 14.1. The Bertz CT molecular complexity index is 1020. The van der Waals surface area contributed by atoms with Crippen molar-refractivity contribution in [2.24, 2.45) is 0 Å². The van der Waals surface area contributed by atoms with Gasteiger partial charge in [0, 0.05) is 30.9 Å². The summed E-state index contributed by atoms with van der Waals surface area (Å²) in [4.78, 5) is 41.7. The first-order valence-corrected chi connectivity index (χ1v) is 8.48. The van der Waals surface area contributed by atoms with Gasteiger partial charge in [0.15, 0.2) is 5.82 Å². The van der Waals surface area contributed by atoms with Crippen LogP contribution in [0.25, 0.3) is 10.9 Å². The molecule has 1 aliphatic heterocycles. The van der Waals surface area contributed by atoms with Gasteiger partial charge in [-0.1, -0.05) is 12.1 Å². The van der Waals surface area contributed by atoms with Gasteiger partial charge in [-0.2, -0.15) is 0 Å². The number of H-pyrrole nitrogens is 1. The minimum Gasteiger partial charge on any atom is -0.368 e. The summed E-state index contributed by atoms with van der Waals surface area (Å²) in [5.41, 5.74) is 6.77. The van der Waals surface area contributed by atoms with Crippen molar-refractivity contribution in [3.63, 3.8) is 0 Å². The molecule has 26 heavy (non-hydrogen) atoms. The lowest BCUT2D eigenvalue weighted by Gasteiger charge is -2.31. The molecule has 1 fully saturated rings. The zero-order chi connectivity index (χ0) is 18.1. The number of aromatic amines is 1. The van der Waals surface area contributed by atoms with E-state index in [9.17, 15) is 9.59 Å². The predicted molar refractivity (Wildman–Crippen MR) is 96.7 cm³/mol. The fourth-order valence-electron chi connectivity index (χ4n) is 3.33. The molecular formula is C18H18N6O2. The van der Waals surface area contributed by atoms with Gasteiger partial charge in [-0.25, -0.2) is 15.0 Å². The highest BCUT2D eigenvalue weighted by Crippen LogP contribution is 2.27. The first-order chi connectivity index (χ1) is 12.6. The van der Waals surface area contributed by atoms with Gasteiger partial charge < -0.3 is 15.6 Å². The number of carbonyl (C=O) groups is 1. The number of hydrogen-bond donors (Lipinski definition) is 2. The number of nitrogen functional groups attached to an aromatic ring is 1. The zero-order valence-electron chi connectivity index (χ0n) is 14.1. The summed E-state index contributed by atoms with van der Waals surface area (Å²) >= 11 is 0. The summed E-state index contributed by atoms with van der Waals surface area (Å²) in [5, 5.41) is 0.476. The first kappa shape index (κ1) is 16.2. The number of likely N-dealkylation sites (tertiary alicyclic amines) is 1. The van der Waals surface area contributed by atoms with Crippen LogP contribution in [0.1, 0.15) is 35.1 Å². The highest BCUT2D eigenvalue weighted by molar-refractivity contribution is 5.92. The van der Waals surface area contributed by atoms with Gasteiger partial charge >= 0.3 is 0 Å². The lowest BCUT2D eigenvalue weighted by atomic mass is 9.93. The van der Waals surface area contributed by atoms with Crippen molar-refractivity contribution in [3.8, 4) is 0 Å². The fraction of sp³-hybridized carbons (Fsp3) is 0.278. The van der Waals surface area contributed by atoms with Crippen LogP contribution in [0.5, 0.6) is 0 Å². The Morgan fingerprint density at radius 1 is 1.15 bits per heavy atom. The van der Waals surface area contributed by atoms with Gasteiger partial charge in [-0.3, -0.25) is 9.59 Å². The lowest BCUT2D eigenvalue weighted by molar-refractivity contribution is 0.0699. The topological polar surface area (TPSA) is 118 Å². The molecule has 0 unspecified atom stereocenters. The number of benzene rings is 1. The molecule has 3 heterocycles. The third-order valence-electron chi connectivity index (χ3n) is 4.71. The van der Waals surface area contributed by atoms with Crippen LogP contribution in [0.4, 0.5) is 5.95 Å². The molecule has 3 aromatic rings. The third-order valence-corrected chi connectivity index (χ3v) is 4.71. The van der Waals surface area contributed by atoms with Crippen LogP contribution < -0.4 is 11.3 Å². The number of aromatic nitrogens is 4. The molecule has 1 saturated heterocycles. The Morgan fingerprint density at radius 3 is 2.69 bits per heavy atom. The number of para-hydroxylation sites is 1. The Kier molecular flexibility index (Phi) is 4.08. The largest absolute Gasteiger partial charge is 0.368 e. The van der Waals surface area contributed by atoms with E-state index < -0.39 is 0 Å². The van der Waals surface area contributed by atoms with Crippen molar-refractivity contribution >= 4 is 22.8 Å². The number of amides is 1. The predicted octanol–water partition coefficient (Wildman–Crippen LogP) is 1.32. The second kappa shape index (κ2) is 6.55. The van der Waals surface area contributed by atoms with Crippen LogP contribution in [0.15, 0.2) is 41.3 Å². The molecule has 1 amide bonds. The van der Waals surface area contributed by atoms with Crippen LogP contribution >= 0.6 is 0 Å². The molecule has 0 saturated carbocycles.